The van der Waals surface area contributed by atoms with E-state index >= 15 is 0 Å². The van der Waals surface area contributed by atoms with Crippen molar-refractivity contribution in [3.05, 3.63) is 11.3 Å². The lowest BCUT2D eigenvalue weighted by atomic mass is 9.75. The lowest BCUT2D eigenvalue weighted by molar-refractivity contribution is -0.147. The topological polar surface area (TPSA) is 65.0 Å². The van der Waals surface area contributed by atoms with E-state index in [2.05, 4.69) is 18.8 Å². The molecule has 0 aromatic rings. The van der Waals surface area contributed by atoms with Crippen molar-refractivity contribution in [2.24, 2.45) is 22.7 Å². The third kappa shape index (κ3) is 4.18. The first-order valence-electron chi connectivity index (χ1n) is 7.93. The highest BCUT2D eigenvalue weighted by Gasteiger charge is 2.41. The largest absolute Gasteiger partial charge is 0.465 e. The summed E-state index contributed by atoms with van der Waals surface area (Å²) in [7, 11) is 0. The van der Waals surface area contributed by atoms with Crippen LogP contribution in [0.15, 0.2) is 16.3 Å². The van der Waals surface area contributed by atoms with Gasteiger partial charge in [0, 0.05) is 17.3 Å². The van der Waals surface area contributed by atoms with Crippen molar-refractivity contribution < 1.29 is 19.1 Å². The quantitative estimate of drug-likeness (QED) is 0.707. The van der Waals surface area contributed by atoms with E-state index in [0.717, 1.165) is 0 Å². The van der Waals surface area contributed by atoms with E-state index in [0.29, 0.717) is 42.5 Å². The Balaban J connectivity index is 3.27. The molecule has 22 heavy (non-hydrogen) atoms. The molecule has 2 atom stereocenters. The molecule has 0 aromatic heterocycles. The van der Waals surface area contributed by atoms with Gasteiger partial charge in [-0.25, -0.2) is 4.79 Å². The standard InChI is InChI=1S/C17H27NO4/c1-7-21-16(19)14-11(5)18-12(6)15(17(20)22-8-2)13(14)9-10(3)4/h10,13-14H,7-9H2,1-6H3. The minimum atomic E-state index is -0.509. The van der Waals surface area contributed by atoms with Crippen LogP contribution in [0.3, 0.4) is 0 Å². The zero-order chi connectivity index (χ0) is 16.9. The summed E-state index contributed by atoms with van der Waals surface area (Å²) >= 11 is 0. The molecule has 0 spiro atoms. The van der Waals surface area contributed by atoms with E-state index in [9.17, 15) is 9.59 Å². The second kappa shape index (κ2) is 8.11. The van der Waals surface area contributed by atoms with Gasteiger partial charge in [0.05, 0.1) is 18.8 Å². The zero-order valence-electron chi connectivity index (χ0n) is 14.4. The van der Waals surface area contributed by atoms with Crippen molar-refractivity contribution in [1.29, 1.82) is 0 Å². The molecule has 5 nitrogen and oxygen atoms in total. The number of carbonyl (C=O) groups is 2. The molecule has 0 saturated heterocycles. The minimum absolute atomic E-state index is 0.240. The normalized spacial score (nSPS) is 21.7. The van der Waals surface area contributed by atoms with Gasteiger partial charge in [0.15, 0.2) is 0 Å². The smallest absolute Gasteiger partial charge is 0.336 e. The van der Waals surface area contributed by atoms with Gasteiger partial charge in [-0.1, -0.05) is 13.8 Å². The average Bonchev–Trinajstić information content (AvgIpc) is 2.37. The number of ether oxygens (including phenoxy) is 2. The Morgan fingerprint density at radius 3 is 2.23 bits per heavy atom. The van der Waals surface area contributed by atoms with Gasteiger partial charge in [-0.2, -0.15) is 0 Å². The van der Waals surface area contributed by atoms with E-state index < -0.39 is 5.92 Å². The fraction of sp³-hybridized carbons (Fsp3) is 0.706. The van der Waals surface area contributed by atoms with Gasteiger partial charge in [-0.3, -0.25) is 9.79 Å². The Kier molecular flexibility index (Phi) is 6.78. The van der Waals surface area contributed by atoms with Gasteiger partial charge in [0.1, 0.15) is 5.92 Å². The minimum Gasteiger partial charge on any atom is -0.465 e. The van der Waals surface area contributed by atoms with Crippen LogP contribution < -0.4 is 0 Å². The molecule has 0 fully saturated rings. The maximum Gasteiger partial charge on any atom is 0.336 e. The number of nitrogens with zero attached hydrogens (tertiary/aromatic N) is 1. The summed E-state index contributed by atoms with van der Waals surface area (Å²) in [6, 6.07) is 0. The SMILES string of the molecule is CCOC(=O)C1=C(C)N=C(C)C(C(=O)OCC)C1CC(C)C. The fourth-order valence-electron chi connectivity index (χ4n) is 2.96. The molecule has 1 aliphatic rings. The third-order valence-electron chi connectivity index (χ3n) is 3.72. The van der Waals surface area contributed by atoms with Crippen molar-refractivity contribution in [2.45, 2.75) is 48.0 Å². The highest BCUT2D eigenvalue weighted by Crippen LogP contribution is 2.36. The highest BCUT2D eigenvalue weighted by atomic mass is 16.5. The molecule has 0 amide bonds. The number of esters is 2. The third-order valence-corrected chi connectivity index (χ3v) is 3.72. The molecule has 2 unspecified atom stereocenters. The van der Waals surface area contributed by atoms with Gasteiger partial charge < -0.3 is 9.47 Å². The van der Waals surface area contributed by atoms with Crippen LogP contribution in [-0.4, -0.2) is 30.9 Å². The molecule has 0 bridgehead atoms. The number of hydrogen-bond donors (Lipinski definition) is 0. The molecular weight excluding hydrogens is 282 g/mol. The number of aliphatic imine (C=N–C) groups is 1. The predicted molar refractivity (Wildman–Crippen MR) is 85.5 cm³/mol. The monoisotopic (exact) mass is 309 g/mol. The van der Waals surface area contributed by atoms with Crippen molar-refractivity contribution in [2.75, 3.05) is 13.2 Å². The number of carbonyl (C=O) groups excluding carboxylic acids is 2. The molecule has 0 saturated carbocycles. The van der Waals surface area contributed by atoms with Crippen LogP contribution in [0.5, 0.6) is 0 Å². The maximum absolute atomic E-state index is 12.4. The van der Waals surface area contributed by atoms with E-state index in [-0.39, 0.29) is 17.9 Å². The van der Waals surface area contributed by atoms with Crippen LogP contribution in [0.1, 0.15) is 48.0 Å². The van der Waals surface area contributed by atoms with Crippen LogP contribution in [0.2, 0.25) is 0 Å². The van der Waals surface area contributed by atoms with Crippen LogP contribution in [0, 0.1) is 17.8 Å². The molecule has 0 radical (unpaired) electrons. The first-order chi connectivity index (χ1) is 10.3. The van der Waals surface area contributed by atoms with Crippen molar-refractivity contribution >= 4 is 17.7 Å². The Bertz CT molecular complexity index is 491. The summed E-state index contributed by atoms with van der Waals surface area (Å²) in [6.45, 7) is 11.9. The van der Waals surface area contributed by atoms with Crippen LogP contribution in [0.4, 0.5) is 0 Å². The lowest BCUT2D eigenvalue weighted by Crippen LogP contribution is -2.38. The lowest BCUT2D eigenvalue weighted by Gasteiger charge is -2.32. The first kappa shape index (κ1) is 18.4. The number of allylic oxidation sites excluding steroid dienone is 1. The van der Waals surface area contributed by atoms with Gasteiger partial charge in [-0.15, -0.1) is 0 Å². The summed E-state index contributed by atoms with van der Waals surface area (Å²) in [5.74, 6) is -1.11. The van der Waals surface area contributed by atoms with Gasteiger partial charge in [-0.05, 0) is 40.0 Å². The number of hydrogen-bond acceptors (Lipinski definition) is 5. The van der Waals surface area contributed by atoms with E-state index in [1.807, 2.05) is 6.92 Å². The highest BCUT2D eigenvalue weighted by molar-refractivity contribution is 6.05. The van der Waals surface area contributed by atoms with Gasteiger partial charge in [0.2, 0.25) is 0 Å². The molecule has 124 valence electrons. The summed E-state index contributed by atoms with van der Waals surface area (Å²) in [4.78, 5) is 29.1. The molecule has 0 aromatic carbocycles. The second-order valence-electron chi connectivity index (χ2n) is 5.94. The van der Waals surface area contributed by atoms with Crippen molar-refractivity contribution in [3.63, 3.8) is 0 Å². The maximum atomic E-state index is 12.4. The van der Waals surface area contributed by atoms with Crippen LogP contribution in [-0.2, 0) is 19.1 Å². The van der Waals surface area contributed by atoms with E-state index in [1.165, 1.54) is 0 Å². The predicted octanol–water partition coefficient (Wildman–Crippen LogP) is 3.14. The van der Waals surface area contributed by atoms with E-state index in [1.54, 1.807) is 20.8 Å². The Morgan fingerprint density at radius 2 is 1.73 bits per heavy atom. The summed E-state index contributed by atoms with van der Waals surface area (Å²) in [5.41, 5.74) is 1.86. The Morgan fingerprint density at radius 1 is 1.14 bits per heavy atom. The number of rotatable bonds is 6. The average molecular weight is 309 g/mol. The molecular formula is C17H27NO4. The molecule has 0 N–H and O–H groups in total. The second-order valence-corrected chi connectivity index (χ2v) is 5.94. The van der Waals surface area contributed by atoms with Crippen LogP contribution in [0.25, 0.3) is 0 Å². The molecule has 1 rings (SSSR count). The van der Waals surface area contributed by atoms with Crippen LogP contribution >= 0.6 is 0 Å². The molecule has 5 heteroatoms. The molecule has 1 heterocycles. The summed E-state index contributed by atoms with van der Waals surface area (Å²) in [6.07, 6.45) is 0.710. The fourth-order valence-corrected chi connectivity index (χ4v) is 2.96. The summed E-state index contributed by atoms with van der Waals surface area (Å²) < 4.78 is 10.4. The first-order valence-corrected chi connectivity index (χ1v) is 7.93. The molecule has 1 aliphatic heterocycles. The van der Waals surface area contributed by atoms with Gasteiger partial charge >= 0.3 is 11.9 Å². The van der Waals surface area contributed by atoms with E-state index in [4.69, 9.17) is 9.47 Å². The Labute approximate surface area is 132 Å². The van der Waals surface area contributed by atoms with Gasteiger partial charge in [0.25, 0.3) is 0 Å². The zero-order valence-corrected chi connectivity index (χ0v) is 14.4. The molecule has 0 aliphatic carbocycles. The van der Waals surface area contributed by atoms with Crippen molar-refractivity contribution in [1.82, 2.24) is 0 Å². The Hall–Kier alpha value is -1.65. The van der Waals surface area contributed by atoms with Crippen molar-refractivity contribution in [3.8, 4) is 0 Å². The summed E-state index contributed by atoms with van der Waals surface area (Å²) in [5, 5.41) is 0.